The number of ether oxygens (including phenoxy) is 1. The topological polar surface area (TPSA) is 113 Å². The Kier molecular flexibility index (Phi) is 7.25. The lowest BCUT2D eigenvalue weighted by Gasteiger charge is -2.15. The molecule has 3 aromatic carbocycles. The summed E-state index contributed by atoms with van der Waals surface area (Å²) in [7, 11) is 1.27. The van der Waals surface area contributed by atoms with Gasteiger partial charge in [0.1, 0.15) is 11.4 Å². The monoisotopic (exact) mass is 483 g/mol. The van der Waals surface area contributed by atoms with Gasteiger partial charge in [-0.3, -0.25) is 18.7 Å². The Balaban J connectivity index is 1.56. The summed E-state index contributed by atoms with van der Waals surface area (Å²) in [6.45, 7) is -0.617. The molecule has 0 saturated heterocycles. The first-order valence-electron chi connectivity index (χ1n) is 11.3. The highest BCUT2D eigenvalue weighted by Gasteiger charge is 2.23. The number of ketones is 1. The molecule has 0 aliphatic heterocycles. The van der Waals surface area contributed by atoms with Gasteiger partial charge in [0.15, 0.2) is 6.61 Å². The molecule has 0 bridgehead atoms. The van der Waals surface area contributed by atoms with E-state index in [9.17, 15) is 19.2 Å². The molecule has 0 atom stereocenters. The summed E-state index contributed by atoms with van der Waals surface area (Å²) in [5.41, 5.74) is 7.09. The van der Waals surface area contributed by atoms with E-state index in [1.54, 1.807) is 36.4 Å². The van der Waals surface area contributed by atoms with Gasteiger partial charge in [-0.05, 0) is 29.2 Å². The smallest absolute Gasteiger partial charge is 0.338 e. The second-order valence-corrected chi connectivity index (χ2v) is 8.30. The van der Waals surface area contributed by atoms with E-state index in [4.69, 9.17) is 10.5 Å². The number of anilines is 1. The van der Waals surface area contributed by atoms with Crippen molar-refractivity contribution in [1.82, 2.24) is 9.13 Å². The Morgan fingerprint density at radius 1 is 0.833 bits per heavy atom. The van der Waals surface area contributed by atoms with Crippen molar-refractivity contribution in [3.8, 4) is 0 Å². The van der Waals surface area contributed by atoms with Crippen LogP contribution < -0.4 is 17.0 Å². The molecule has 0 spiro atoms. The Labute approximate surface area is 207 Å². The first kappa shape index (κ1) is 24.4. The Morgan fingerprint density at radius 2 is 1.42 bits per heavy atom. The molecule has 0 saturated carbocycles. The lowest BCUT2D eigenvalue weighted by Crippen LogP contribution is -2.43. The SMILES string of the molecule is Cn1c(=O)c(C(=O)COC(=O)c2ccccc2Cc2ccccc2)c(N)n(Cc2ccccc2)c1=O. The van der Waals surface area contributed by atoms with E-state index in [-0.39, 0.29) is 12.4 Å². The maximum atomic E-state index is 13.0. The number of Topliss-reactive ketones (excluding diaryl/α,β-unsaturated/α-hetero) is 1. The number of carbonyl (C=O) groups excluding carboxylic acids is 2. The zero-order chi connectivity index (χ0) is 25.7. The molecule has 0 amide bonds. The fourth-order valence-electron chi connectivity index (χ4n) is 3.93. The van der Waals surface area contributed by atoms with Gasteiger partial charge in [-0.2, -0.15) is 0 Å². The third-order valence-corrected chi connectivity index (χ3v) is 5.85. The molecule has 0 unspecified atom stereocenters. The van der Waals surface area contributed by atoms with Gasteiger partial charge < -0.3 is 10.5 Å². The number of carbonyl (C=O) groups is 2. The largest absolute Gasteiger partial charge is 0.454 e. The van der Waals surface area contributed by atoms with Gasteiger partial charge in [-0.1, -0.05) is 78.9 Å². The summed E-state index contributed by atoms with van der Waals surface area (Å²) in [5, 5.41) is 0. The van der Waals surface area contributed by atoms with Crippen LogP contribution in [-0.2, 0) is 24.8 Å². The molecule has 8 heteroatoms. The molecule has 4 rings (SSSR count). The third-order valence-electron chi connectivity index (χ3n) is 5.85. The molecule has 0 aliphatic carbocycles. The van der Waals surface area contributed by atoms with Gasteiger partial charge >= 0.3 is 11.7 Å². The average molecular weight is 484 g/mol. The van der Waals surface area contributed by atoms with Crippen LogP contribution in [0.5, 0.6) is 0 Å². The van der Waals surface area contributed by atoms with E-state index in [1.165, 1.54) is 7.05 Å². The predicted molar refractivity (Wildman–Crippen MR) is 136 cm³/mol. The normalized spacial score (nSPS) is 10.7. The molecule has 2 N–H and O–H groups in total. The Morgan fingerprint density at radius 3 is 2.08 bits per heavy atom. The van der Waals surface area contributed by atoms with Gasteiger partial charge in [-0.15, -0.1) is 0 Å². The van der Waals surface area contributed by atoms with Crippen molar-refractivity contribution in [3.63, 3.8) is 0 Å². The van der Waals surface area contributed by atoms with Crippen LogP contribution in [0.25, 0.3) is 0 Å². The highest BCUT2D eigenvalue weighted by molar-refractivity contribution is 6.02. The van der Waals surface area contributed by atoms with Crippen LogP contribution in [0, 0.1) is 0 Å². The molecule has 4 aromatic rings. The predicted octanol–water partition coefficient (Wildman–Crippen LogP) is 2.81. The van der Waals surface area contributed by atoms with E-state index in [1.807, 2.05) is 48.5 Å². The van der Waals surface area contributed by atoms with Gasteiger partial charge in [0, 0.05) is 7.05 Å². The minimum absolute atomic E-state index is 0.0759. The molecule has 0 aliphatic rings. The molecule has 8 nitrogen and oxygen atoms in total. The Hall–Kier alpha value is -4.72. The van der Waals surface area contributed by atoms with Crippen molar-refractivity contribution < 1.29 is 14.3 Å². The maximum absolute atomic E-state index is 13.0. The van der Waals surface area contributed by atoms with Gasteiger partial charge in [0.05, 0.1) is 12.1 Å². The van der Waals surface area contributed by atoms with E-state index < -0.39 is 35.2 Å². The highest BCUT2D eigenvalue weighted by atomic mass is 16.5. The van der Waals surface area contributed by atoms with Crippen molar-refractivity contribution in [2.45, 2.75) is 13.0 Å². The van der Waals surface area contributed by atoms with Crippen LogP contribution in [0.2, 0.25) is 0 Å². The summed E-state index contributed by atoms with van der Waals surface area (Å²) in [6.07, 6.45) is 0.512. The quantitative estimate of drug-likeness (QED) is 0.305. The summed E-state index contributed by atoms with van der Waals surface area (Å²) >= 11 is 0. The van der Waals surface area contributed by atoms with Gasteiger partial charge in [0.2, 0.25) is 5.78 Å². The fourth-order valence-corrected chi connectivity index (χ4v) is 3.93. The molecule has 0 fully saturated rings. The zero-order valence-corrected chi connectivity index (χ0v) is 19.7. The minimum Gasteiger partial charge on any atom is -0.454 e. The highest BCUT2D eigenvalue weighted by Crippen LogP contribution is 2.16. The molecule has 0 radical (unpaired) electrons. The number of hydrogen-bond acceptors (Lipinski definition) is 6. The fraction of sp³-hybridized carbons (Fsp3) is 0.143. The molecular weight excluding hydrogens is 458 g/mol. The third kappa shape index (κ3) is 5.17. The molecule has 1 heterocycles. The van der Waals surface area contributed by atoms with E-state index >= 15 is 0 Å². The molecule has 182 valence electrons. The van der Waals surface area contributed by atoms with Crippen molar-refractivity contribution >= 4 is 17.6 Å². The van der Waals surface area contributed by atoms with Gasteiger partial charge in [-0.25, -0.2) is 9.59 Å². The summed E-state index contributed by atoms with van der Waals surface area (Å²) in [6, 6.07) is 25.7. The lowest BCUT2D eigenvalue weighted by atomic mass is 10.00. The second-order valence-electron chi connectivity index (χ2n) is 8.30. The van der Waals surface area contributed by atoms with E-state index in [0.717, 1.165) is 25.8 Å². The first-order chi connectivity index (χ1) is 17.4. The summed E-state index contributed by atoms with van der Waals surface area (Å²) in [5.74, 6) is -1.75. The molecule has 36 heavy (non-hydrogen) atoms. The number of hydrogen-bond donors (Lipinski definition) is 1. The van der Waals surface area contributed by atoms with Crippen LogP contribution in [0.4, 0.5) is 5.82 Å². The number of esters is 1. The molecular formula is C28H25N3O5. The van der Waals surface area contributed by atoms with Crippen LogP contribution in [0.15, 0.2) is 94.5 Å². The standard InChI is InChI=1S/C28H25N3O5/c1-30-26(33)24(25(29)31(28(30)35)17-20-12-6-3-7-13-20)23(32)18-36-27(34)22-15-9-8-14-21(22)16-19-10-4-2-5-11-19/h2-15H,16-18,29H2,1H3. The first-order valence-corrected chi connectivity index (χ1v) is 11.3. The van der Waals surface area contributed by atoms with Crippen LogP contribution in [-0.4, -0.2) is 27.5 Å². The van der Waals surface area contributed by atoms with E-state index in [2.05, 4.69) is 0 Å². The van der Waals surface area contributed by atoms with Crippen molar-refractivity contribution in [1.29, 1.82) is 0 Å². The van der Waals surface area contributed by atoms with Crippen LogP contribution in [0.1, 0.15) is 37.4 Å². The van der Waals surface area contributed by atoms with Crippen molar-refractivity contribution in [3.05, 3.63) is 134 Å². The second kappa shape index (κ2) is 10.7. The van der Waals surface area contributed by atoms with Gasteiger partial charge in [0.25, 0.3) is 5.56 Å². The van der Waals surface area contributed by atoms with Crippen LogP contribution in [0.3, 0.4) is 0 Å². The summed E-state index contributed by atoms with van der Waals surface area (Å²) < 4.78 is 7.26. The number of nitrogen functional groups attached to an aromatic ring is 1. The maximum Gasteiger partial charge on any atom is 0.338 e. The average Bonchev–Trinajstić information content (AvgIpc) is 2.90. The number of benzene rings is 3. The van der Waals surface area contributed by atoms with Crippen molar-refractivity contribution in [2.75, 3.05) is 12.3 Å². The summed E-state index contributed by atoms with van der Waals surface area (Å²) in [4.78, 5) is 51.2. The van der Waals surface area contributed by atoms with Crippen molar-refractivity contribution in [2.24, 2.45) is 7.05 Å². The van der Waals surface area contributed by atoms with E-state index in [0.29, 0.717) is 12.0 Å². The zero-order valence-electron chi connectivity index (χ0n) is 19.7. The number of nitrogens with two attached hydrogens (primary N) is 1. The lowest BCUT2D eigenvalue weighted by molar-refractivity contribution is 0.0473. The number of nitrogens with zero attached hydrogens (tertiary/aromatic N) is 2. The Bertz CT molecular complexity index is 1520. The number of rotatable bonds is 8. The number of aromatic nitrogens is 2. The van der Waals surface area contributed by atoms with Crippen LogP contribution >= 0.6 is 0 Å². The molecule has 1 aromatic heterocycles. The minimum atomic E-state index is -0.840.